The zero-order chi connectivity index (χ0) is 21.6. The Morgan fingerprint density at radius 2 is 1.77 bits per heavy atom. The van der Waals surface area contributed by atoms with Crippen LogP contribution in [-0.4, -0.2) is 17.6 Å². The van der Waals surface area contributed by atoms with Crippen LogP contribution in [0.3, 0.4) is 0 Å². The molecular weight excluding hydrogens is 372 g/mol. The molecule has 3 rings (SSSR count). The fourth-order valence-corrected chi connectivity index (χ4v) is 3.65. The van der Waals surface area contributed by atoms with Crippen LogP contribution in [0.5, 0.6) is 0 Å². The van der Waals surface area contributed by atoms with Gasteiger partial charge in [-0.1, -0.05) is 62.9 Å². The average Bonchev–Trinajstić information content (AvgIpc) is 2.73. The number of carbonyl (C=O) groups is 1. The minimum absolute atomic E-state index is 0.120. The van der Waals surface area contributed by atoms with Crippen LogP contribution >= 0.6 is 0 Å². The molecule has 0 saturated carbocycles. The van der Waals surface area contributed by atoms with E-state index in [1.807, 2.05) is 60.1 Å². The Bertz CT molecular complexity index is 1070. The number of anilines is 1. The summed E-state index contributed by atoms with van der Waals surface area (Å²) in [7, 11) is 0. The van der Waals surface area contributed by atoms with Gasteiger partial charge in [0.25, 0.3) is 0 Å². The number of aliphatic carboxylic acids is 1. The third kappa shape index (κ3) is 4.97. The molecule has 0 aliphatic heterocycles. The van der Waals surface area contributed by atoms with Crippen molar-refractivity contribution in [1.82, 2.24) is 0 Å². The molecule has 0 radical (unpaired) electrons. The molecule has 3 aromatic rings. The van der Waals surface area contributed by atoms with E-state index in [2.05, 4.69) is 50.0 Å². The number of hydrogen-bond acceptors (Lipinski definition) is 2. The van der Waals surface area contributed by atoms with Crippen LogP contribution < -0.4 is 10.6 Å². The van der Waals surface area contributed by atoms with Gasteiger partial charge >= 0.3 is 5.97 Å². The van der Waals surface area contributed by atoms with Gasteiger partial charge in [0.1, 0.15) is 5.69 Å². The minimum Gasteiger partial charge on any atom is -0.481 e. The summed E-state index contributed by atoms with van der Waals surface area (Å²) in [5.41, 5.74) is 3.87. The average molecular weight is 402 g/mol. The number of carboxylic acid groups (broad SMARTS) is 1. The highest BCUT2D eigenvalue weighted by molar-refractivity contribution is 5.90. The molecule has 4 heteroatoms. The molecule has 0 atom stereocenters. The van der Waals surface area contributed by atoms with Crippen molar-refractivity contribution in [3.05, 3.63) is 96.7 Å². The van der Waals surface area contributed by atoms with Gasteiger partial charge in [0.05, 0.1) is 13.0 Å². The van der Waals surface area contributed by atoms with Crippen molar-refractivity contribution in [2.24, 2.45) is 0 Å². The van der Waals surface area contributed by atoms with E-state index in [1.54, 1.807) is 0 Å². The fourth-order valence-electron chi connectivity index (χ4n) is 3.65. The van der Waals surface area contributed by atoms with Gasteiger partial charge < -0.3 is 15.7 Å². The maximum absolute atomic E-state index is 11.0. The number of para-hydroxylation sites is 1. The minimum atomic E-state index is -0.785. The second kappa shape index (κ2) is 9.42. The van der Waals surface area contributed by atoms with Crippen molar-refractivity contribution in [3.8, 4) is 0 Å². The van der Waals surface area contributed by atoms with Crippen molar-refractivity contribution in [2.75, 3.05) is 11.9 Å². The third-order valence-electron chi connectivity index (χ3n) is 5.42. The van der Waals surface area contributed by atoms with Gasteiger partial charge in [-0.05, 0) is 46.7 Å². The largest absolute Gasteiger partial charge is 0.481 e. The molecule has 0 aliphatic carbocycles. The van der Waals surface area contributed by atoms with Crippen LogP contribution in [0.25, 0.3) is 10.8 Å². The molecule has 0 fully saturated rings. The van der Waals surface area contributed by atoms with E-state index in [1.165, 1.54) is 5.56 Å². The van der Waals surface area contributed by atoms with Crippen LogP contribution in [-0.2, 0) is 10.2 Å². The van der Waals surface area contributed by atoms with E-state index in [4.69, 9.17) is 5.11 Å². The summed E-state index contributed by atoms with van der Waals surface area (Å²) < 4.78 is 0. The van der Waals surface area contributed by atoms with Gasteiger partial charge in [-0.3, -0.25) is 4.79 Å². The first kappa shape index (κ1) is 21.3. The number of allylic oxidation sites excluding steroid dienone is 2. The second-order valence-corrected chi connectivity index (χ2v) is 7.88. The maximum Gasteiger partial charge on any atom is 0.309 e. The summed E-state index contributed by atoms with van der Waals surface area (Å²) in [5.74, 6) is -0.785. The van der Waals surface area contributed by atoms with Crippen LogP contribution in [0, 0.1) is 0 Å². The predicted octanol–water partition coefficient (Wildman–Crippen LogP) is 4.97. The van der Waals surface area contributed by atoms with E-state index in [0.29, 0.717) is 6.54 Å². The van der Waals surface area contributed by atoms with Crippen molar-refractivity contribution in [3.63, 3.8) is 0 Å². The number of carboxylic acids is 1. The van der Waals surface area contributed by atoms with E-state index in [9.17, 15) is 4.79 Å². The van der Waals surface area contributed by atoms with E-state index >= 15 is 0 Å². The highest BCUT2D eigenvalue weighted by Gasteiger charge is 2.29. The Labute approximate surface area is 177 Å². The predicted molar refractivity (Wildman–Crippen MR) is 124 cm³/mol. The Morgan fingerprint density at radius 3 is 2.50 bits per heavy atom. The Kier molecular flexibility index (Phi) is 6.70. The first-order valence-corrected chi connectivity index (χ1v) is 10.1. The zero-order valence-electron chi connectivity index (χ0n) is 17.6. The number of hydrogen-bond donors (Lipinski definition) is 3. The number of rotatable bonds is 9. The Morgan fingerprint density at radius 1 is 1.07 bits per heavy atom. The number of benzene rings is 3. The number of quaternary nitrogens is 1. The summed E-state index contributed by atoms with van der Waals surface area (Å²) in [6.45, 7) is 9.18. The highest BCUT2D eigenvalue weighted by atomic mass is 16.4. The van der Waals surface area contributed by atoms with Crippen LogP contribution in [0.2, 0.25) is 0 Å². The van der Waals surface area contributed by atoms with Gasteiger partial charge in [0, 0.05) is 22.9 Å². The lowest BCUT2D eigenvalue weighted by Gasteiger charge is -2.29. The van der Waals surface area contributed by atoms with Gasteiger partial charge in [0.2, 0.25) is 0 Å². The molecule has 0 amide bonds. The van der Waals surface area contributed by atoms with Gasteiger partial charge in [0.15, 0.2) is 0 Å². The topological polar surface area (TPSA) is 65.9 Å². The molecular formula is C26H29N2O2+. The normalized spacial score (nSPS) is 11.7. The summed E-state index contributed by atoms with van der Waals surface area (Å²) in [4.78, 5) is 11.0. The lowest BCUT2D eigenvalue weighted by atomic mass is 9.75. The first-order chi connectivity index (χ1) is 14.4. The van der Waals surface area contributed by atoms with E-state index < -0.39 is 5.97 Å². The van der Waals surface area contributed by atoms with Gasteiger partial charge in [-0.25, -0.2) is 0 Å². The number of nitrogens with one attached hydrogen (secondary N) is 1. The van der Waals surface area contributed by atoms with Gasteiger partial charge in [-0.15, -0.1) is 0 Å². The lowest BCUT2D eigenvalue weighted by molar-refractivity contribution is -0.571. The summed E-state index contributed by atoms with van der Waals surface area (Å²) in [6, 6.07) is 22.5. The number of fused-ring (bicyclic) bond motifs is 1. The Hall–Kier alpha value is -3.37. The quantitative estimate of drug-likeness (QED) is 0.350. The molecule has 0 aliphatic rings. The van der Waals surface area contributed by atoms with E-state index in [0.717, 1.165) is 27.7 Å². The zero-order valence-corrected chi connectivity index (χ0v) is 17.6. The van der Waals surface area contributed by atoms with Crippen LogP contribution in [0.1, 0.15) is 25.8 Å². The molecule has 0 aromatic heterocycles. The third-order valence-corrected chi connectivity index (χ3v) is 5.42. The highest BCUT2D eigenvalue weighted by Crippen LogP contribution is 2.39. The Balaban J connectivity index is 1.92. The van der Waals surface area contributed by atoms with Crippen molar-refractivity contribution >= 4 is 28.1 Å². The molecule has 3 aromatic carbocycles. The van der Waals surface area contributed by atoms with Crippen molar-refractivity contribution < 1.29 is 15.2 Å². The van der Waals surface area contributed by atoms with E-state index in [-0.39, 0.29) is 11.8 Å². The van der Waals surface area contributed by atoms with Crippen LogP contribution in [0.4, 0.5) is 11.4 Å². The second-order valence-electron chi connectivity index (χ2n) is 7.88. The SMILES string of the molecule is C=C(/C=C/Nc1ccccc1)C(C)(C)c1c([NH2+]CCC(=O)O)ccc2ccccc12. The molecule has 154 valence electrons. The summed E-state index contributed by atoms with van der Waals surface area (Å²) >= 11 is 0. The molecule has 0 heterocycles. The van der Waals surface area contributed by atoms with Crippen LogP contribution in [0.15, 0.2) is 91.2 Å². The monoisotopic (exact) mass is 401 g/mol. The van der Waals surface area contributed by atoms with Crippen molar-refractivity contribution in [1.29, 1.82) is 0 Å². The number of nitrogens with two attached hydrogens (primary N) is 1. The molecule has 4 nitrogen and oxygen atoms in total. The molecule has 0 bridgehead atoms. The smallest absolute Gasteiger partial charge is 0.309 e. The lowest BCUT2D eigenvalue weighted by Crippen LogP contribution is -2.79. The van der Waals surface area contributed by atoms with Gasteiger partial charge in [-0.2, -0.15) is 0 Å². The molecule has 0 spiro atoms. The summed E-state index contributed by atoms with van der Waals surface area (Å²) in [6.07, 6.45) is 4.04. The molecule has 30 heavy (non-hydrogen) atoms. The molecule has 0 saturated heterocycles. The molecule has 4 N–H and O–H groups in total. The summed E-state index contributed by atoms with van der Waals surface area (Å²) in [5, 5.41) is 16.7. The fraction of sp³-hybridized carbons (Fsp3) is 0.192. The maximum atomic E-state index is 11.0. The van der Waals surface area contributed by atoms with Crippen molar-refractivity contribution in [2.45, 2.75) is 25.7 Å². The first-order valence-electron chi connectivity index (χ1n) is 10.1. The standard InChI is InChI=1S/C26H28N2O2/c1-19(15-17-27-21-10-5-4-6-11-21)26(2,3)25-22-12-8-7-9-20(22)13-14-23(25)28-18-16-24(29)30/h4-15,17,27-28H,1,16,18H2,2-3H3,(H,29,30)/p+1/b17-15+. The molecule has 0 unspecified atom stereocenters.